The van der Waals surface area contributed by atoms with E-state index in [2.05, 4.69) is 17.1 Å². The lowest BCUT2D eigenvalue weighted by Crippen LogP contribution is -2.56. The maximum absolute atomic E-state index is 13.0. The summed E-state index contributed by atoms with van der Waals surface area (Å²) >= 11 is 0. The van der Waals surface area contributed by atoms with Gasteiger partial charge in [-0.1, -0.05) is 19.1 Å². The number of nitrogens with zero attached hydrogens (tertiary/aromatic N) is 1. The first-order valence-electron chi connectivity index (χ1n) is 7.50. The molecular weight excluding hydrogens is 239 g/mol. The molecule has 1 aromatic carbocycles. The lowest BCUT2D eigenvalue weighted by Gasteiger charge is -2.46. The number of benzene rings is 1. The smallest absolute Gasteiger partial charge is 0.123 e. The van der Waals surface area contributed by atoms with Crippen molar-refractivity contribution < 1.29 is 4.39 Å². The van der Waals surface area contributed by atoms with Crippen LogP contribution >= 0.6 is 0 Å². The summed E-state index contributed by atoms with van der Waals surface area (Å²) in [5.41, 5.74) is 1.21. The molecule has 3 aliphatic rings. The second kappa shape index (κ2) is 5.59. The van der Waals surface area contributed by atoms with Gasteiger partial charge in [-0.15, -0.1) is 0 Å². The number of hydrogen-bond acceptors (Lipinski definition) is 2. The second-order valence-corrected chi connectivity index (χ2v) is 5.92. The van der Waals surface area contributed by atoms with Gasteiger partial charge in [-0.05, 0) is 56.0 Å². The van der Waals surface area contributed by atoms with Crippen molar-refractivity contribution in [3.05, 3.63) is 35.6 Å². The summed E-state index contributed by atoms with van der Waals surface area (Å²) < 4.78 is 13.0. The molecular formula is C16H23FN2. The first kappa shape index (κ1) is 13.1. The van der Waals surface area contributed by atoms with Crippen LogP contribution < -0.4 is 5.32 Å². The van der Waals surface area contributed by atoms with E-state index in [1.54, 1.807) is 12.1 Å². The summed E-state index contributed by atoms with van der Waals surface area (Å²) in [4.78, 5) is 2.56. The number of piperidine rings is 3. The van der Waals surface area contributed by atoms with E-state index in [-0.39, 0.29) is 5.82 Å². The molecule has 3 fully saturated rings. The quantitative estimate of drug-likeness (QED) is 0.897. The molecule has 2 unspecified atom stereocenters. The van der Waals surface area contributed by atoms with Crippen molar-refractivity contribution in [1.29, 1.82) is 0 Å². The summed E-state index contributed by atoms with van der Waals surface area (Å²) in [7, 11) is 0. The first-order valence-corrected chi connectivity index (χ1v) is 7.50. The Bertz CT molecular complexity index is 409. The largest absolute Gasteiger partial charge is 0.306 e. The number of halogens is 1. The fourth-order valence-electron chi connectivity index (χ4n) is 3.56. The monoisotopic (exact) mass is 262 g/mol. The highest BCUT2D eigenvalue weighted by Crippen LogP contribution is 2.30. The Balaban J connectivity index is 1.68. The minimum Gasteiger partial charge on any atom is -0.306 e. The SMILES string of the molecule is CCC(NC1CN2CCC1CC2)c1ccc(F)cc1. The number of rotatable bonds is 4. The molecule has 0 saturated carbocycles. The Morgan fingerprint density at radius 2 is 1.95 bits per heavy atom. The average Bonchev–Trinajstić information content (AvgIpc) is 2.47. The minimum atomic E-state index is -0.151. The van der Waals surface area contributed by atoms with Crippen molar-refractivity contribution in [2.75, 3.05) is 19.6 Å². The van der Waals surface area contributed by atoms with Gasteiger partial charge in [-0.3, -0.25) is 0 Å². The van der Waals surface area contributed by atoms with Crippen LogP contribution in [0.2, 0.25) is 0 Å². The van der Waals surface area contributed by atoms with E-state index < -0.39 is 0 Å². The van der Waals surface area contributed by atoms with Gasteiger partial charge >= 0.3 is 0 Å². The van der Waals surface area contributed by atoms with Crippen LogP contribution in [-0.4, -0.2) is 30.6 Å². The summed E-state index contributed by atoms with van der Waals surface area (Å²) in [6, 6.07) is 7.92. The van der Waals surface area contributed by atoms with Gasteiger partial charge in [-0.2, -0.15) is 0 Å². The van der Waals surface area contributed by atoms with Gasteiger partial charge in [-0.25, -0.2) is 4.39 Å². The molecule has 0 amide bonds. The second-order valence-electron chi connectivity index (χ2n) is 5.92. The van der Waals surface area contributed by atoms with Crippen molar-refractivity contribution in [3.8, 4) is 0 Å². The predicted octanol–water partition coefficient (Wildman–Crippen LogP) is 2.96. The van der Waals surface area contributed by atoms with Crippen molar-refractivity contribution in [3.63, 3.8) is 0 Å². The molecule has 3 heteroatoms. The van der Waals surface area contributed by atoms with Crippen molar-refractivity contribution in [2.45, 2.75) is 38.3 Å². The van der Waals surface area contributed by atoms with Gasteiger partial charge in [0.15, 0.2) is 0 Å². The molecule has 1 N–H and O–H groups in total. The number of hydrogen-bond donors (Lipinski definition) is 1. The van der Waals surface area contributed by atoms with E-state index >= 15 is 0 Å². The molecule has 0 aromatic heterocycles. The predicted molar refractivity (Wildman–Crippen MR) is 75.5 cm³/mol. The topological polar surface area (TPSA) is 15.3 Å². The summed E-state index contributed by atoms with van der Waals surface area (Å²) in [6.45, 7) is 5.93. The van der Waals surface area contributed by atoms with Crippen LogP contribution in [0, 0.1) is 11.7 Å². The first-order chi connectivity index (χ1) is 9.26. The van der Waals surface area contributed by atoms with E-state index in [9.17, 15) is 4.39 Å². The third-order valence-electron chi connectivity index (χ3n) is 4.75. The lowest BCUT2D eigenvalue weighted by molar-refractivity contribution is 0.0666. The molecule has 2 atom stereocenters. The molecule has 0 spiro atoms. The van der Waals surface area contributed by atoms with Crippen molar-refractivity contribution >= 4 is 0 Å². The van der Waals surface area contributed by atoms with E-state index in [4.69, 9.17) is 0 Å². The molecule has 3 aliphatic heterocycles. The molecule has 2 nitrogen and oxygen atoms in total. The summed E-state index contributed by atoms with van der Waals surface area (Å²) in [6.07, 6.45) is 3.71. The zero-order chi connectivity index (χ0) is 13.2. The molecule has 104 valence electrons. The Kier molecular flexibility index (Phi) is 3.85. The van der Waals surface area contributed by atoms with Crippen molar-refractivity contribution in [2.24, 2.45) is 5.92 Å². The molecule has 3 saturated heterocycles. The van der Waals surface area contributed by atoms with Crippen LogP contribution in [0.5, 0.6) is 0 Å². The van der Waals surface area contributed by atoms with E-state index in [1.165, 1.54) is 38.0 Å². The summed E-state index contributed by atoms with van der Waals surface area (Å²) in [5, 5.41) is 3.81. The summed E-state index contributed by atoms with van der Waals surface area (Å²) in [5.74, 6) is 0.681. The van der Waals surface area contributed by atoms with E-state index in [1.807, 2.05) is 12.1 Å². The van der Waals surface area contributed by atoms with Gasteiger partial charge in [0.25, 0.3) is 0 Å². The van der Waals surface area contributed by atoms with Gasteiger partial charge < -0.3 is 10.2 Å². The van der Waals surface area contributed by atoms with Crippen LogP contribution in [0.15, 0.2) is 24.3 Å². The Morgan fingerprint density at radius 1 is 1.26 bits per heavy atom. The van der Waals surface area contributed by atoms with Crippen LogP contribution in [0.1, 0.15) is 37.8 Å². The fourth-order valence-corrected chi connectivity index (χ4v) is 3.56. The van der Waals surface area contributed by atoms with E-state index in [0.717, 1.165) is 12.3 Å². The molecule has 0 radical (unpaired) electrons. The minimum absolute atomic E-state index is 0.151. The van der Waals surface area contributed by atoms with Crippen LogP contribution in [0.3, 0.4) is 0 Å². The van der Waals surface area contributed by atoms with Gasteiger partial charge in [0, 0.05) is 18.6 Å². The fraction of sp³-hybridized carbons (Fsp3) is 0.625. The Morgan fingerprint density at radius 3 is 2.47 bits per heavy atom. The highest BCUT2D eigenvalue weighted by Gasteiger charge is 2.34. The molecule has 0 aliphatic carbocycles. The highest BCUT2D eigenvalue weighted by atomic mass is 19.1. The number of nitrogens with one attached hydrogen (secondary N) is 1. The zero-order valence-corrected chi connectivity index (χ0v) is 11.6. The van der Waals surface area contributed by atoms with Gasteiger partial charge in [0.1, 0.15) is 5.82 Å². The Labute approximate surface area is 115 Å². The van der Waals surface area contributed by atoms with Gasteiger partial charge in [0.2, 0.25) is 0 Å². The molecule has 4 rings (SSSR count). The van der Waals surface area contributed by atoms with Crippen molar-refractivity contribution in [1.82, 2.24) is 10.2 Å². The zero-order valence-electron chi connectivity index (χ0n) is 11.6. The van der Waals surface area contributed by atoms with Crippen LogP contribution in [0.4, 0.5) is 4.39 Å². The highest BCUT2D eigenvalue weighted by molar-refractivity contribution is 5.20. The lowest BCUT2D eigenvalue weighted by atomic mass is 9.83. The van der Waals surface area contributed by atoms with E-state index in [0.29, 0.717) is 12.1 Å². The van der Waals surface area contributed by atoms with Gasteiger partial charge in [0.05, 0.1) is 0 Å². The molecule has 2 bridgehead atoms. The molecule has 3 heterocycles. The third kappa shape index (κ3) is 2.82. The maximum Gasteiger partial charge on any atom is 0.123 e. The molecule has 19 heavy (non-hydrogen) atoms. The number of fused-ring (bicyclic) bond motifs is 3. The Hall–Kier alpha value is -0.930. The normalized spacial score (nSPS) is 31.4. The third-order valence-corrected chi connectivity index (χ3v) is 4.75. The maximum atomic E-state index is 13.0. The molecule has 1 aromatic rings. The average molecular weight is 262 g/mol. The standard InChI is InChI=1S/C16H23FN2/c1-2-15(12-3-5-14(17)6-4-12)18-16-11-19-9-7-13(16)8-10-19/h3-6,13,15-16,18H,2,7-11H2,1H3. The van der Waals surface area contributed by atoms with Crippen LogP contribution in [0.25, 0.3) is 0 Å². The van der Waals surface area contributed by atoms with Crippen LogP contribution in [-0.2, 0) is 0 Å².